The summed E-state index contributed by atoms with van der Waals surface area (Å²) in [5.74, 6) is -1.41. The van der Waals surface area contributed by atoms with Crippen molar-refractivity contribution in [3.63, 3.8) is 0 Å². The van der Waals surface area contributed by atoms with Gasteiger partial charge in [0.15, 0.2) is 5.78 Å². The minimum atomic E-state index is -1.00. The summed E-state index contributed by atoms with van der Waals surface area (Å²) in [6, 6.07) is -0.810. The van der Waals surface area contributed by atoms with Gasteiger partial charge in [0.25, 0.3) is 0 Å². The Labute approximate surface area is 258 Å². The molecular weight excluding hydrogens is 578 g/mol. The molecule has 0 saturated carbocycles. The van der Waals surface area contributed by atoms with Crippen molar-refractivity contribution < 1.29 is 48.0 Å². The molecule has 0 aliphatic rings. The van der Waals surface area contributed by atoms with Gasteiger partial charge in [-0.25, -0.2) is 4.98 Å². The van der Waals surface area contributed by atoms with E-state index < -0.39 is 12.0 Å². The third kappa shape index (κ3) is 22.3. The van der Waals surface area contributed by atoms with Crippen molar-refractivity contribution in [2.45, 2.75) is 64.3 Å². The molecule has 0 saturated heterocycles. The van der Waals surface area contributed by atoms with Crippen LogP contribution < -0.4 is 16.0 Å². The molecule has 0 aliphatic heterocycles. The number of aromatic amines is 1. The van der Waals surface area contributed by atoms with E-state index in [4.69, 9.17) is 18.9 Å². The zero-order valence-electron chi connectivity index (χ0n) is 25.7. The average Bonchev–Trinajstić information content (AvgIpc) is 3.53. The number of hydrogen-bond donors (Lipinski definition) is 5. The van der Waals surface area contributed by atoms with Crippen LogP contribution in [0.3, 0.4) is 0 Å². The highest BCUT2D eigenvalue weighted by molar-refractivity contribution is 5.82. The summed E-state index contributed by atoms with van der Waals surface area (Å²) in [6.45, 7) is 4.21. The number of aromatic nitrogens is 2. The Morgan fingerprint density at radius 2 is 1.48 bits per heavy atom. The topological polar surface area (TPSA) is 207 Å². The van der Waals surface area contributed by atoms with E-state index >= 15 is 0 Å². The SMILES string of the molecule is CCC(=O)NCCOCCOCC(=O)NCCOCCOCC(=O)CCCCC[C@H](NCC(=O)CCc1cnc[nH]1)C(=O)O. The number of aryl methyl sites for hydroxylation is 1. The van der Waals surface area contributed by atoms with Crippen LogP contribution in [0.4, 0.5) is 0 Å². The minimum Gasteiger partial charge on any atom is -0.480 e. The molecule has 0 aliphatic carbocycles. The maximum atomic E-state index is 12.0. The first-order chi connectivity index (χ1) is 21.3. The highest BCUT2D eigenvalue weighted by Gasteiger charge is 2.17. The van der Waals surface area contributed by atoms with Gasteiger partial charge in [0.05, 0.1) is 52.5 Å². The number of rotatable bonds is 30. The number of Topliss-reactive ketones (excluding diaryl/α,β-unsaturated/α-hetero) is 2. The number of ether oxygens (including phenoxy) is 4. The summed E-state index contributed by atoms with van der Waals surface area (Å²) in [5.41, 5.74) is 0.856. The van der Waals surface area contributed by atoms with E-state index in [0.29, 0.717) is 84.3 Å². The zero-order valence-corrected chi connectivity index (χ0v) is 25.7. The van der Waals surface area contributed by atoms with Gasteiger partial charge < -0.3 is 39.7 Å². The number of nitrogens with zero attached hydrogens (tertiary/aromatic N) is 1. The molecule has 1 heterocycles. The second kappa shape index (κ2) is 26.2. The fraction of sp³-hybridized carbons (Fsp3) is 0.724. The van der Waals surface area contributed by atoms with Gasteiger partial charge in [-0.2, -0.15) is 0 Å². The molecule has 1 atom stereocenters. The second-order valence-corrected chi connectivity index (χ2v) is 9.91. The Kier molecular flexibility index (Phi) is 23.1. The lowest BCUT2D eigenvalue weighted by atomic mass is 10.1. The molecule has 2 amide bonds. The summed E-state index contributed by atoms with van der Waals surface area (Å²) < 4.78 is 21.2. The van der Waals surface area contributed by atoms with Gasteiger partial charge in [-0.3, -0.25) is 29.3 Å². The lowest BCUT2D eigenvalue weighted by Crippen LogP contribution is -2.39. The molecule has 1 aromatic rings. The minimum absolute atomic E-state index is 0.00492. The predicted molar refractivity (Wildman–Crippen MR) is 159 cm³/mol. The van der Waals surface area contributed by atoms with Crippen LogP contribution in [-0.2, 0) is 49.3 Å². The molecule has 0 aromatic carbocycles. The first kappa shape index (κ1) is 38.8. The number of amides is 2. The Hall–Kier alpha value is -3.24. The number of carboxylic acid groups (broad SMARTS) is 1. The number of H-pyrrole nitrogens is 1. The number of aliphatic carboxylic acids is 1. The van der Waals surface area contributed by atoms with Crippen molar-refractivity contribution in [1.29, 1.82) is 0 Å². The summed E-state index contributed by atoms with van der Waals surface area (Å²) in [5, 5.41) is 17.6. The molecule has 44 heavy (non-hydrogen) atoms. The van der Waals surface area contributed by atoms with E-state index in [1.165, 1.54) is 0 Å². The van der Waals surface area contributed by atoms with Gasteiger partial charge in [0.2, 0.25) is 11.8 Å². The van der Waals surface area contributed by atoms with Crippen LogP contribution >= 0.6 is 0 Å². The molecule has 0 radical (unpaired) electrons. The van der Waals surface area contributed by atoms with Crippen LogP contribution in [0.1, 0.15) is 57.6 Å². The van der Waals surface area contributed by atoms with Gasteiger partial charge in [-0.1, -0.05) is 19.8 Å². The normalized spacial score (nSPS) is 11.7. The van der Waals surface area contributed by atoms with E-state index in [2.05, 4.69) is 25.9 Å². The molecule has 1 rings (SSSR count). The monoisotopic (exact) mass is 627 g/mol. The third-order valence-corrected chi connectivity index (χ3v) is 6.22. The van der Waals surface area contributed by atoms with Gasteiger partial charge >= 0.3 is 5.97 Å². The Balaban J connectivity index is 1.91. The Morgan fingerprint density at radius 3 is 2.11 bits per heavy atom. The molecule has 250 valence electrons. The lowest BCUT2D eigenvalue weighted by molar-refractivity contribution is -0.139. The van der Waals surface area contributed by atoms with Crippen molar-refractivity contribution in [3.05, 3.63) is 18.2 Å². The molecular formula is C29H49N5O10. The zero-order chi connectivity index (χ0) is 32.3. The lowest BCUT2D eigenvalue weighted by Gasteiger charge is -2.13. The number of ketones is 2. The number of unbranched alkanes of at least 4 members (excludes halogenated alkanes) is 2. The molecule has 0 unspecified atom stereocenters. The fourth-order valence-electron chi connectivity index (χ4n) is 3.75. The largest absolute Gasteiger partial charge is 0.480 e. The van der Waals surface area contributed by atoms with Gasteiger partial charge in [-0.15, -0.1) is 0 Å². The van der Waals surface area contributed by atoms with Crippen molar-refractivity contribution >= 4 is 29.4 Å². The van der Waals surface area contributed by atoms with Crippen LogP contribution in [0.5, 0.6) is 0 Å². The standard InChI is InChI=1S/C29H49N5O10/c1-2-27(37)31-10-12-41-15-17-44-21-28(38)32-11-13-42-14-16-43-20-25(36)6-4-3-5-7-26(29(39)40)33-19-24(35)9-8-23-18-30-22-34-23/h18,22,26,33H,2-17,19-21H2,1H3,(H,30,34)(H,31,37)(H,32,38)(H,39,40)/t26-/m0/s1. The first-order valence-corrected chi connectivity index (χ1v) is 15.1. The number of carboxylic acids is 1. The van der Waals surface area contributed by atoms with Crippen molar-refractivity contribution in [2.75, 3.05) is 72.5 Å². The molecule has 0 spiro atoms. The predicted octanol–water partition coefficient (Wildman–Crippen LogP) is 0.183. The Bertz CT molecular complexity index is 945. The summed E-state index contributed by atoms with van der Waals surface area (Å²) in [6.07, 6.45) is 7.11. The van der Waals surface area contributed by atoms with E-state index in [0.717, 1.165) is 5.69 Å². The number of hydrogen-bond acceptors (Lipinski definition) is 11. The third-order valence-electron chi connectivity index (χ3n) is 6.22. The quantitative estimate of drug-likeness (QED) is 0.0724. The number of imidazole rings is 1. The molecule has 15 nitrogen and oxygen atoms in total. The molecule has 0 bridgehead atoms. The maximum Gasteiger partial charge on any atom is 0.320 e. The van der Waals surface area contributed by atoms with Crippen molar-refractivity contribution in [1.82, 2.24) is 25.9 Å². The van der Waals surface area contributed by atoms with Gasteiger partial charge in [-0.05, 0) is 19.3 Å². The fourth-order valence-corrected chi connectivity index (χ4v) is 3.75. The van der Waals surface area contributed by atoms with E-state index in [-0.39, 0.29) is 63.0 Å². The van der Waals surface area contributed by atoms with Crippen LogP contribution in [0, 0.1) is 0 Å². The van der Waals surface area contributed by atoms with Crippen molar-refractivity contribution in [3.8, 4) is 0 Å². The maximum absolute atomic E-state index is 12.0. The summed E-state index contributed by atoms with van der Waals surface area (Å²) >= 11 is 0. The van der Waals surface area contributed by atoms with Crippen LogP contribution in [0.2, 0.25) is 0 Å². The number of carbonyl (C=O) groups is 5. The smallest absolute Gasteiger partial charge is 0.320 e. The van der Waals surface area contributed by atoms with E-state index in [1.807, 2.05) is 0 Å². The second-order valence-electron chi connectivity index (χ2n) is 9.91. The highest BCUT2D eigenvalue weighted by Crippen LogP contribution is 2.07. The average molecular weight is 628 g/mol. The van der Waals surface area contributed by atoms with Gasteiger partial charge in [0, 0.05) is 44.2 Å². The van der Waals surface area contributed by atoms with Crippen molar-refractivity contribution in [2.24, 2.45) is 0 Å². The highest BCUT2D eigenvalue weighted by atomic mass is 16.5. The summed E-state index contributed by atoms with van der Waals surface area (Å²) in [7, 11) is 0. The van der Waals surface area contributed by atoms with Gasteiger partial charge in [0.1, 0.15) is 25.0 Å². The molecule has 1 aromatic heterocycles. The molecule has 5 N–H and O–H groups in total. The first-order valence-electron chi connectivity index (χ1n) is 15.1. The summed E-state index contributed by atoms with van der Waals surface area (Å²) in [4.78, 5) is 65.1. The number of nitrogens with one attached hydrogen (secondary N) is 4. The van der Waals surface area contributed by atoms with E-state index in [1.54, 1.807) is 19.4 Å². The molecule has 15 heteroatoms. The Morgan fingerprint density at radius 1 is 0.818 bits per heavy atom. The number of carbonyl (C=O) groups excluding carboxylic acids is 4. The van der Waals surface area contributed by atoms with Crippen LogP contribution in [0.15, 0.2) is 12.5 Å². The van der Waals surface area contributed by atoms with Crippen LogP contribution in [0.25, 0.3) is 0 Å². The molecule has 0 fully saturated rings. The van der Waals surface area contributed by atoms with Crippen LogP contribution in [-0.4, -0.2) is 123 Å². The van der Waals surface area contributed by atoms with E-state index in [9.17, 15) is 29.1 Å².